The minimum absolute atomic E-state index is 0.0226. The van der Waals surface area contributed by atoms with Crippen LogP contribution in [0.5, 0.6) is 11.5 Å². The first-order valence-electron chi connectivity index (χ1n) is 12.5. The quantitative estimate of drug-likeness (QED) is 0.319. The number of halogens is 1. The number of urea groups is 1. The van der Waals surface area contributed by atoms with Gasteiger partial charge in [0.1, 0.15) is 30.3 Å². The van der Waals surface area contributed by atoms with E-state index in [1.807, 2.05) is 50.2 Å². The Morgan fingerprint density at radius 2 is 1.81 bits per heavy atom. The molecule has 2 fully saturated rings. The zero-order valence-corrected chi connectivity index (χ0v) is 22.0. The molecule has 0 aliphatic carbocycles. The van der Waals surface area contributed by atoms with Crippen LogP contribution < -0.4 is 14.8 Å². The van der Waals surface area contributed by atoms with E-state index in [0.29, 0.717) is 49.9 Å². The largest absolute Gasteiger partial charge is 0.494 e. The van der Waals surface area contributed by atoms with Crippen molar-refractivity contribution in [2.45, 2.75) is 44.9 Å². The number of carbonyl (C=O) groups is 2. The zero-order valence-electron chi connectivity index (χ0n) is 21.2. The van der Waals surface area contributed by atoms with Crippen molar-refractivity contribution in [1.29, 1.82) is 0 Å². The highest BCUT2D eigenvalue weighted by atomic mass is 35.5. The number of benzene rings is 2. The van der Waals surface area contributed by atoms with Gasteiger partial charge in [-0.05, 0) is 67.6 Å². The van der Waals surface area contributed by atoms with E-state index in [2.05, 4.69) is 10.2 Å². The summed E-state index contributed by atoms with van der Waals surface area (Å²) in [6.45, 7) is 6.34. The van der Waals surface area contributed by atoms with Gasteiger partial charge in [-0.15, -0.1) is 0 Å². The molecular formula is C27H34ClN3O6. The lowest BCUT2D eigenvalue weighted by Gasteiger charge is -2.42. The molecule has 0 bridgehead atoms. The molecule has 2 heterocycles. The Morgan fingerprint density at radius 1 is 1.11 bits per heavy atom. The lowest BCUT2D eigenvalue weighted by atomic mass is 9.90. The molecule has 2 saturated heterocycles. The number of piperidine rings is 1. The van der Waals surface area contributed by atoms with Gasteiger partial charge in [0.25, 0.3) is 0 Å². The maximum atomic E-state index is 11.6. The Morgan fingerprint density at radius 3 is 2.46 bits per heavy atom. The van der Waals surface area contributed by atoms with Gasteiger partial charge in [0, 0.05) is 31.2 Å². The van der Waals surface area contributed by atoms with E-state index in [1.165, 1.54) is 4.90 Å². The van der Waals surface area contributed by atoms with E-state index in [9.17, 15) is 19.8 Å². The summed E-state index contributed by atoms with van der Waals surface area (Å²) < 4.78 is 11.6. The molecule has 0 radical (unpaired) electrons. The average Bonchev–Trinajstić information content (AvgIpc) is 3.19. The van der Waals surface area contributed by atoms with Gasteiger partial charge in [0.15, 0.2) is 0 Å². The Labute approximate surface area is 221 Å². The smallest absolute Gasteiger partial charge is 0.324 e. The van der Waals surface area contributed by atoms with Crippen LogP contribution >= 0.6 is 11.6 Å². The number of hydrogen-bond acceptors (Lipinski definition) is 7. The molecular weight excluding hydrogens is 498 g/mol. The van der Waals surface area contributed by atoms with Gasteiger partial charge < -0.3 is 24.6 Å². The van der Waals surface area contributed by atoms with E-state index in [4.69, 9.17) is 21.1 Å². The number of aliphatic hydroxyl groups excluding tert-OH is 1. The number of ether oxygens (including phenoxy) is 2. The van der Waals surface area contributed by atoms with Crippen molar-refractivity contribution >= 4 is 23.5 Å². The third-order valence-electron chi connectivity index (χ3n) is 6.77. The van der Waals surface area contributed by atoms with Gasteiger partial charge in [-0.25, -0.2) is 4.79 Å². The Kier molecular flexibility index (Phi) is 8.59. The number of β-amino-alcohol motifs (C(OH)–C–C–N with tert-alkyl or cyclic N) is 1. The number of carbonyl (C=O) groups excluding carboxylic acids is 2. The third kappa shape index (κ3) is 6.93. The normalized spacial score (nSPS) is 22.3. The predicted molar refractivity (Wildman–Crippen MR) is 139 cm³/mol. The van der Waals surface area contributed by atoms with Crippen molar-refractivity contribution in [1.82, 2.24) is 15.1 Å². The molecule has 3 N–H and O–H groups in total. The second kappa shape index (κ2) is 11.7. The lowest BCUT2D eigenvalue weighted by molar-refractivity contribution is -0.140. The fourth-order valence-corrected chi connectivity index (χ4v) is 4.79. The number of likely N-dealkylation sites (tertiary alicyclic amines) is 1. The second-order valence-electron chi connectivity index (χ2n) is 9.90. The van der Waals surface area contributed by atoms with Crippen molar-refractivity contribution in [3.8, 4) is 11.5 Å². The summed E-state index contributed by atoms with van der Waals surface area (Å²) in [6.07, 6.45) is 0.188. The summed E-state index contributed by atoms with van der Waals surface area (Å²) in [5.74, 6) is 1.06. The van der Waals surface area contributed by atoms with Crippen LogP contribution in [0.3, 0.4) is 0 Å². The van der Waals surface area contributed by atoms with Crippen molar-refractivity contribution < 1.29 is 29.3 Å². The summed E-state index contributed by atoms with van der Waals surface area (Å²) in [7, 11) is 0. The van der Waals surface area contributed by atoms with Gasteiger partial charge in [-0.1, -0.05) is 23.7 Å². The van der Waals surface area contributed by atoms with Gasteiger partial charge in [0.2, 0.25) is 5.91 Å². The summed E-state index contributed by atoms with van der Waals surface area (Å²) in [5.41, 5.74) is 1.47. The highest BCUT2D eigenvalue weighted by Crippen LogP contribution is 2.29. The number of nitrogens with zero attached hydrogens (tertiary/aromatic N) is 2. The standard InChI is InChI=1S/C27H34ClN3O6/c1-18-12-22(13-19(2)25(18)28)37-17-27(35)16-30(10-8-23(27)32)14-20-4-6-21(7-5-20)36-11-3-9-31-15-24(33)29-26(31)34/h4-7,12-13,23,32,35H,3,8-11,14-17H2,1-2H3,(H,29,33,34)/t23-,27-/m0/s1. The molecule has 4 rings (SSSR count). The van der Waals surface area contributed by atoms with Crippen LogP contribution in [0.15, 0.2) is 36.4 Å². The number of aryl methyl sites for hydroxylation is 2. The number of imide groups is 1. The maximum absolute atomic E-state index is 11.6. The van der Waals surface area contributed by atoms with Crippen LogP contribution in [0.2, 0.25) is 5.02 Å². The van der Waals surface area contributed by atoms with Crippen molar-refractivity contribution in [3.63, 3.8) is 0 Å². The minimum Gasteiger partial charge on any atom is -0.494 e. The first-order chi connectivity index (χ1) is 17.6. The van der Waals surface area contributed by atoms with Crippen LogP contribution in [0.25, 0.3) is 0 Å². The fourth-order valence-electron chi connectivity index (χ4n) is 4.68. The van der Waals surface area contributed by atoms with Crippen molar-refractivity contribution in [3.05, 3.63) is 58.1 Å². The summed E-state index contributed by atoms with van der Waals surface area (Å²) in [4.78, 5) is 26.3. The van der Waals surface area contributed by atoms with Crippen LogP contribution in [0, 0.1) is 13.8 Å². The summed E-state index contributed by atoms with van der Waals surface area (Å²) in [6, 6.07) is 11.0. The SMILES string of the molecule is Cc1cc(OC[C@@]2(O)CN(Cc3ccc(OCCCN4CC(=O)NC4=O)cc3)CC[C@@H]2O)cc(C)c1Cl. The number of rotatable bonds is 10. The molecule has 200 valence electrons. The van der Waals surface area contributed by atoms with Crippen LogP contribution in [0.1, 0.15) is 29.5 Å². The molecule has 2 aliphatic heterocycles. The molecule has 9 nitrogen and oxygen atoms in total. The molecule has 0 saturated carbocycles. The fraction of sp³-hybridized carbons (Fsp3) is 0.481. The lowest BCUT2D eigenvalue weighted by Crippen LogP contribution is -2.59. The average molecular weight is 532 g/mol. The predicted octanol–water partition coefficient (Wildman–Crippen LogP) is 2.65. The van der Waals surface area contributed by atoms with E-state index in [1.54, 1.807) is 0 Å². The van der Waals surface area contributed by atoms with E-state index >= 15 is 0 Å². The monoisotopic (exact) mass is 531 g/mol. The highest BCUT2D eigenvalue weighted by molar-refractivity contribution is 6.32. The molecule has 2 aromatic rings. The van der Waals surface area contributed by atoms with Gasteiger partial charge in [-0.3, -0.25) is 15.0 Å². The van der Waals surface area contributed by atoms with Crippen LogP contribution in [-0.4, -0.2) is 83.0 Å². The number of nitrogens with one attached hydrogen (secondary N) is 1. The topological polar surface area (TPSA) is 112 Å². The van der Waals surface area contributed by atoms with Crippen LogP contribution in [-0.2, 0) is 11.3 Å². The molecule has 37 heavy (non-hydrogen) atoms. The van der Waals surface area contributed by atoms with E-state index < -0.39 is 11.7 Å². The van der Waals surface area contributed by atoms with Crippen molar-refractivity contribution in [2.24, 2.45) is 0 Å². The van der Waals surface area contributed by atoms with E-state index in [0.717, 1.165) is 22.4 Å². The summed E-state index contributed by atoms with van der Waals surface area (Å²) in [5, 5.41) is 24.7. The molecule has 2 aliphatic rings. The molecule has 2 atom stereocenters. The molecule has 2 aromatic carbocycles. The van der Waals surface area contributed by atoms with Gasteiger partial charge in [-0.2, -0.15) is 0 Å². The first kappa shape index (κ1) is 27.2. The second-order valence-corrected chi connectivity index (χ2v) is 10.3. The molecule has 3 amide bonds. The highest BCUT2D eigenvalue weighted by Gasteiger charge is 2.42. The van der Waals surface area contributed by atoms with Gasteiger partial charge >= 0.3 is 6.03 Å². The molecule has 0 unspecified atom stereocenters. The Balaban J connectivity index is 1.25. The third-order valence-corrected chi connectivity index (χ3v) is 7.37. The maximum Gasteiger partial charge on any atom is 0.324 e. The Bertz CT molecular complexity index is 1100. The number of aliphatic hydroxyl groups is 2. The minimum atomic E-state index is -1.39. The van der Waals surface area contributed by atoms with Gasteiger partial charge in [0.05, 0.1) is 12.7 Å². The molecule has 0 spiro atoms. The van der Waals surface area contributed by atoms with Crippen LogP contribution in [0.4, 0.5) is 4.79 Å². The number of hydrogen-bond donors (Lipinski definition) is 3. The Hall–Kier alpha value is -2.85. The zero-order chi connectivity index (χ0) is 26.6. The molecule has 10 heteroatoms. The first-order valence-corrected chi connectivity index (χ1v) is 12.8. The van der Waals surface area contributed by atoms with Crippen molar-refractivity contribution in [2.75, 3.05) is 39.4 Å². The molecule has 0 aromatic heterocycles. The van der Waals surface area contributed by atoms with E-state index in [-0.39, 0.29) is 31.6 Å². The number of amides is 3. The summed E-state index contributed by atoms with van der Waals surface area (Å²) >= 11 is 6.24.